The van der Waals surface area contributed by atoms with E-state index in [4.69, 9.17) is 21.1 Å². The molecule has 0 atom stereocenters. The van der Waals surface area contributed by atoms with Crippen LogP contribution in [0, 0.1) is 10.1 Å². The lowest BCUT2D eigenvalue weighted by atomic mass is 10.1. The second-order valence-electron chi connectivity index (χ2n) is 6.90. The molecule has 0 aromatic heterocycles. The topological polar surface area (TPSA) is 108 Å². The van der Waals surface area contributed by atoms with Gasteiger partial charge in [0.05, 0.1) is 15.5 Å². The van der Waals surface area contributed by atoms with Gasteiger partial charge in [-0.1, -0.05) is 54.1 Å². The number of carbonyl (C=O) groups is 2. The summed E-state index contributed by atoms with van der Waals surface area (Å²) in [5.74, 6) is -0.349. The van der Waals surface area contributed by atoms with E-state index in [1.807, 2.05) is 6.07 Å². The Hall–Kier alpha value is -4.30. The van der Waals surface area contributed by atoms with Gasteiger partial charge in [0.25, 0.3) is 5.69 Å². The van der Waals surface area contributed by atoms with Crippen molar-refractivity contribution in [3.63, 3.8) is 0 Å². The summed E-state index contributed by atoms with van der Waals surface area (Å²) in [6.45, 7) is -0.0968. The monoisotopic (exact) mass is 462 g/mol. The maximum Gasteiger partial charge on any atom is 0.363 e. The van der Waals surface area contributed by atoms with E-state index >= 15 is 0 Å². The van der Waals surface area contributed by atoms with Gasteiger partial charge in [-0.3, -0.25) is 14.9 Å². The second-order valence-corrected chi connectivity index (χ2v) is 7.31. The summed E-state index contributed by atoms with van der Waals surface area (Å²) < 4.78 is 10.7. The molecule has 3 aromatic carbocycles. The highest BCUT2D eigenvalue weighted by Crippen LogP contribution is 2.27. The van der Waals surface area contributed by atoms with E-state index in [0.717, 1.165) is 6.07 Å². The molecule has 0 radical (unpaired) electrons. The number of cyclic esters (lactones) is 1. The van der Waals surface area contributed by atoms with Gasteiger partial charge in [-0.05, 0) is 29.8 Å². The number of Topliss-reactive ketones (excluding diaryl/α,β-unsaturated/α-hetero) is 1. The van der Waals surface area contributed by atoms with Crippen molar-refractivity contribution in [1.82, 2.24) is 0 Å². The van der Waals surface area contributed by atoms with Crippen molar-refractivity contribution in [1.29, 1.82) is 0 Å². The van der Waals surface area contributed by atoms with Crippen molar-refractivity contribution in [2.45, 2.75) is 0 Å². The molecule has 164 valence electrons. The van der Waals surface area contributed by atoms with Gasteiger partial charge < -0.3 is 9.47 Å². The number of ketones is 1. The first-order valence-corrected chi connectivity index (χ1v) is 10.1. The number of nitrogens with zero attached hydrogens (tertiary/aromatic N) is 2. The number of aliphatic imine (C=N–C) groups is 1. The Kier molecular flexibility index (Phi) is 6.28. The zero-order valence-corrected chi connectivity index (χ0v) is 17.7. The Balaban J connectivity index is 1.45. The van der Waals surface area contributed by atoms with E-state index in [2.05, 4.69) is 4.99 Å². The summed E-state index contributed by atoms with van der Waals surface area (Å²) in [5, 5.41) is 10.9. The van der Waals surface area contributed by atoms with Crippen LogP contribution < -0.4 is 4.74 Å². The first kappa shape index (κ1) is 21.9. The molecule has 0 spiro atoms. The number of benzene rings is 3. The number of nitro benzene ring substituents is 1. The minimum Gasteiger partial charge on any atom is -0.485 e. The number of non-ortho nitro benzene ring substituents is 1. The van der Waals surface area contributed by atoms with E-state index in [9.17, 15) is 19.7 Å². The third-order valence-electron chi connectivity index (χ3n) is 4.66. The summed E-state index contributed by atoms with van der Waals surface area (Å²) >= 11 is 6.08. The van der Waals surface area contributed by atoms with Crippen molar-refractivity contribution < 1.29 is 24.0 Å². The van der Waals surface area contributed by atoms with Gasteiger partial charge in [0.1, 0.15) is 5.75 Å². The molecule has 0 unspecified atom stereocenters. The van der Waals surface area contributed by atoms with E-state index < -0.39 is 10.9 Å². The molecule has 0 bridgehead atoms. The molecule has 8 nitrogen and oxygen atoms in total. The molecule has 9 heteroatoms. The quantitative estimate of drug-likeness (QED) is 0.163. The van der Waals surface area contributed by atoms with Gasteiger partial charge in [-0.15, -0.1) is 0 Å². The fourth-order valence-corrected chi connectivity index (χ4v) is 3.25. The van der Waals surface area contributed by atoms with Crippen LogP contribution in [-0.4, -0.2) is 29.2 Å². The van der Waals surface area contributed by atoms with E-state index in [1.54, 1.807) is 48.5 Å². The van der Waals surface area contributed by atoms with Gasteiger partial charge in [0.15, 0.2) is 18.1 Å². The SMILES string of the molecule is O=C1OC(c2ccc([N+](=O)[O-])cc2Cl)=N/C1=C\c1ccc(OCC(=O)c2ccccc2)cc1. The molecular weight excluding hydrogens is 448 g/mol. The van der Waals surface area contributed by atoms with Crippen LogP contribution in [0.2, 0.25) is 5.02 Å². The molecule has 1 aliphatic heterocycles. The smallest absolute Gasteiger partial charge is 0.363 e. The maximum absolute atomic E-state index is 12.2. The first-order valence-electron chi connectivity index (χ1n) is 9.69. The number of hydrogen-bond acceptors (Lipinski definition) is 7. The molecule has 4 rings (SSSR count). The largest absolute Gasteiger partial charge is 0.485 e. The van der Waals surface area contributed by atoms with Crippen molar-refractivity contribution >= 4 is 41.0 Å². The summed E-state index contributed by atoms with van der Waals surface area (Å²) in [6, 6.07) is 19.4. The van der Waals surface area contributed by atoms with Crippen LogP contribution in [0.15, 0.2) is 83.5 Å². The lowest BCUT2D eigenvalue weighted by molar-refractivity contribution is -0.384. The van der Waals surface area contributed by atoms with Crippen LogP contribution in [0.25, 0.3) is 6.08 Å². The van der Waals surface area contributed by atoms with Gasteiger partial charge in [-0.25, -0.2) is 9.79 Å². The van der Waals surface area contributed by atoms with Gasteiger partial charge in [-0.2, -0.15) is 0 Å². The van der Waals surface area contributed by atoms with Crippen molar-refractivity contribution in [3.05, 3.63) is 110 Å². The number of esters is 1. The molecule has 33 heavy (non-hydrogen) atoms. The summed E-state index contributed by atoms with van der Waals surface area (Å²) in [5.41, 5.74) is 1.36. The van der Waals surface area contributed by atoms with E-state index in [1.165, 1.54) is 18.2 Å². The maximum atomic E-state index is 12.2. The lowest BCUT2D eigenvalue weighted by Crippen LogP contribution is -2.11. The fraction of sp³-hybridized carbons (Fsp3) is 0.0417. The minimum atomic E-state index is -0.673. The molecule has 3 aromatic rings. The Bertz CT molecular complexity index is 1300. The number of carbonyl (C=O) groups excluding carboxylic acids is 2. The zero-order valence-electron chi connectivity index (χ0n) is 16.9. The Morgan fingerprint density at radius 1 is 1.09 bits per heavy atom. The van der Waals surface area contributed by atoms with Crippen LogP contribution in [0.4, 0.5) is 5.69 Å². The molecular formula is C24H15ClN2O6. The molecule has 0 fully saturated rings. The number of ether oxygens (including phenoxy) is 2. The second kappa shape index (κ2) is 9.46. The highest BCUT2D eigenvalue weighted by Gasteiger charge is 2.26. The van der Waals surface area contributed by atoms with Crippen molar-refractivity contribution in [2.24, 2.45) is 4.99 Å². The number of nitro groups is 1. The summed E-state index contributed by atoms with van der Waals surface area (Å²) in [7, 11) is 0. The van der Waals surface area contributed by atoms with Crippen molar-refractivity contribution in [2.75, 3.05) is 6.61 Å². The van der Waals surface area contributed by atoms with E-state index in [-0.39, 0.29) is 40.3 Å². The van der Waals surface area contributed by atoms with Gasteiger partial charge in [0, 0.05) is 17.7 Å². The summed E-state index contributed by atoms with van der Waals surface area (Å²) in [4.78, 5) is 38.8. The number of rotatable bonds is 7. The highest BCUT2D eigenvalue weighted by molar-refractivity contribution is 6.34. The highest BCUT2D eigenvalue weighted by atomic mass is 35.5. The first-order chi connectivity index (χ1) is 15.9. The van der Waals surface area contributed by atoms with Crippen LogP contribution in [0.3, 0.4) is 0 Å². The van der Waals surface area contributed by atoms with Crippen LogP contribution >= 0.6 is 11.6 Å². The predicted molar refractivity (Wildman–Crippen MR) is 121 cm³/mol. The molecule has 0 saturated carbocycles. The normalized spacial score (nSPS) is 14.0. The third kappa shape index (κ3) is 5.13. The van der Waals surface area contributed by atoms with Gasteiger partial charge >= 0.3 is 5.97 Å². The average molecular weight is 463 g/mol. The molecule has 0 aliphatic carbocycles. The minimum absolute atomic E-state index is 0.0366. The van der Waals surface area contributed by atoms with Crippen LogP contribution in [-0.2, 0) is 9.53 Å². The van der Waals surface area contributed by atoms with Gasteiger partial charge in [0.2, 0.25) is 5.90 Å². The molecule has 0 N–H and O–H groups in total. The fourth-order valence-electron chi connectivity index (χ4n) is 2.99. The Morgan fingerprint density at radius 2 is 1.82 bits per heavy atom. The number of hydrogen-bond donors (Lipinski definition) is 0. The average Bonchev–Trinajstić information content (AvgIpc) is 3.18. The summed E-state index contributed by atoms with van der Waals surface area (Å²) in [6.07, 6.45) is 1.52. The molecule has 0 saturated heterocycles. The standard InChI is InChI=1S/C24H15ClN2O6/c25-20-13-17(27(30)31)8-11-19(20)23-26-21(24(29)33-23)12-15-6-9-18(10-7-15)32-14-22(28)16-4-2-1-3-5-16/h1-13H,14H2/b21-12-. The lowest BCUT2D eigenvalue weighted by Gasteiger charge is -2.06. The predicted octanol–water partition coefficient (Wildman–Crippen LogP) is 4.85. The molecule has 0 amide bonds. The molecule has 1 aliphatic rings. The van der Waals surface area contributed by atoms with E-state index in [0.29, 0.717) is 16.9 Å². The van der Waals surface area contributed by atoms with Crippen LogP contribution in [0.5, 0.6) is 5.75 Å². The number of halogens is 1. The van der Waals surface area contributed by atoms with Crippen LogP contribution in [0.1, 0.15) is 21.5 Å². The third-order valence-corrected chi connectivity index (χ3v) is 4.98. The Labute approximate surface area is 192 Å². The molecule has 1 heterocycles. The zero-order chi connectivity index (χ0) is 23.4. The Morgan fingerprint density at radius 3 is 2.48 bits per heavy atom. The van der Waals surface area contributed by atoms with Crippen molar-refractivity contribution in [3.8, 4) is 5.75 Å².